The maximum atomic E-state index is 13.7. The number of phenols is 1. The monoisotopic (exact) mass is 630 g/mol. The lowest BCUT2D eigenvalue weighted by atomic mass is 9.83. The highest BCUT2D eigenvalue weighted by Gasteiger charge is 2.31. The van der Waals surface area contributed by atoms with Crippen LogP contribution in [0.1, 0.15) is 47.8 Å². The van der Waals surface area contributed by atoms with E-state index in [1.807, 2.05) is 43.3 Å². The minimum absolute atomic E-state index is 0.0163. The number of hydrogen-bond acceptors (Lipinski definition) is 7. The van der Waals surface area contributed by atoms with Crippen LogP contribution in [0.3, 0.4) is 0 Å². The van der Waals surface area contributed by atoms with Crippen molar-refractivity contribution in [1.29, 1.82) is 0 Å². The van der Waals surface area contributed by atoms with E-state index < -0.39 is 11.7 Å². The summed E-state index contributed by atoms with van der Waals surface area (Å²) >= 11 is 0. The van der Waals surface area contributed by atoms with Gasteiger partial charge in [-0.2, -0.15) is 0 Å². The lowest BCUT2D eigenvalue weighted by Gasteiger charge is -2.18. The van der Waals surface area contributed by atoms with E-state index in [4.69, 9.17) is 4.74 Å². The summed E-state index contributed by atoms with van der Waals surface area (Å²) in [6.45, 7) is 1.84. The second-order valence-electron chi connectivity index (χ2n) is 11.6. The molecule has 0 bridgehead atoms. The minimum atomic E-state index is -0.551. The van der Waals surface area contributed by atoms with Gasteiger partial charge in [-0.1, -0.05) is 66.7 Å². The standard InChI is InChI=1S/C39H26N4O5/c1-20-18-22(48-2)15-17-29(20)41-39(47)28-19-21-14-16-24-23-8-5-6-12-30(23)40-34(24)32(21)35(38(28)46)43-42-31-13-7-11-27-33(31)37(45)26-10-4-3-9-25(26)36(27)44/h3-19,40,46H,1-2H3,(H,41,47). The van der Waals surface area contributed by atoms with Crippen molar-refractivity contribution in [1.82, 2.24) is 4.98 Å². The van der Waals surface area contributed by atoms with Gasteiger partial charge in [-0.25, -0.2) is 0 Å². The molecule has 0 spiro atoms. The summed E-state index contributed by atoms with van der Waals surface area (Å²) in [4.78, 5) is 44.2. The Balaban J connectivity index is 1.32. The topological polar surface area (TPSA) is 133 Å². The van der Waals surface area contributed by atoms with Crippen LogP contribution < -0.4 is 10.1 Å². The van der Waals surface area contributed by atoms with E-state index in [0.717, 1.165) is 21.9 Å². The molecule has 9 nitrogen and oxygen atoms in total. The molecule has 1 amide bonds. The van der Waals surface area contributed by atoms with Gasteiger partial charge in [-0.05, 0) is 54.3 Å². The number of H-pyrrole nitrogens is 1. The fourth-order valence-corrected chi connectivity index (χ4v) is 6.46. The Labute approximate surface area is 273 Å². The maximum Gasteiger partial charge on any atom is 0.259 e. The van der Waals surface area contributed by atoms with Crippen LogP contribution in [0.25, 0.3) is 32.6 Å². The molecule has 0 unspecified atom stereocenters. The molecule has 0 aliphatic heterocycles. The molecule has 0 fully saturated rings. The minimum Gasteiger partial charge on any atom is -0.505 e. The number of anilines is 1. The van der Waals surface area contributed by atoms with E-state index >= 15 is 0 Å². The van der Waals surface area contributed by atoms with E-state index in [1.165, 1.54) is 0 Å². The molecule has 8 rings (SSSR count). The van der Waals surface area contributed by atoms with Crippen molar-refractivity contribution < 1.29 is 24.2 Å². The Morgan fingerprint density at radius 2 is 1.54 bits per heavy atom. The van der Waals surface area contributed by atoms with Gasteiger partial charge in [-0.3, -0.25) is 14.4 Å². The highest BCUT2D eigenvalue weighted by atomic mass is 16.5. The summed E-state index contributed by atoms with van der Waals surface area (Å²) in [5.74, 6) is -0.914. The van der Waals surface area contributed by atoms with E-state index in [0.29, 0.717) is 38.9 Å². The van der Waals surface area contributed by atoms with Gasteiger partial charge in [0.05, 0.1) is 29.4 Å². The molecule has 1 heterocycles. The molecular weight excluding hydrogens is 604 g/mol. The third-order valence-electron chi connectivity index (χ3n) is 8.85. The van der Waals surface area contributed by atoms with Gasteiger partial charge >= 0.3 is 0 Å². The lowest BCUT2D eigenvalue weighted by Crippen LogP contribution is -2.20. The largest absolute Gasteiger partial charge is 0.505 e. The fraction of sp³-hybridized carbons (Fsp3) is 0.0513. The zero-order valence-corrected chi connectivity index (χ0v) is 25.8. The quantitative estimate of drug-likeness (QED) is 0.163. The number of phenolic OH excluding ortho intramolecular Hbond substituents is 1. The zero-order valence-electron chi connectivity index (χ0n) is 25.8. The molecule has 0 atom stereocenters. The van der Waals surface area contributed by atoms with Crippen molar-refractivity contribution in [3.05, 3.63) is 137 Å². The number of azo groups is 1. The first-order chi connectivity index (χ1) is 23.3. The Bertz CT molecular complexity index is 2560. The number of carbonyl (C=O) groups excluding carboxylic acids is 3. The average Bonchev–Trinajstić information content (AvgIpc) is 3.49. The zero-order chi connectivity index (χ0) is 33.1. The number of benzene rings is 6. The normalized spacial score (nSPS) is 12.5. The van der Waals surface area contributed by atoms with Crippen molar-refractivity contribution >= 4 is 67.1 Å². The number of para-hydroxylation sites is 1. The number of hydrogen-bond donors (Lipinski definition) is 3. The van der Waals surface area contributed by atoms with Crippen LogP contribution in [0.5, 0.6) is 11.5 Å². The number of methoxy groups -OCH3 is 1. The van der Waals surface area contributed by atoms with Crippen LogP contribution in [-0.2, 0) is 0 Å². The predicted octanol–water partition coefficient (Wildman–Crippen LogP) is 8.94. The molecule has 0 saturated heterocycles. The third kappa shape index (κ3) is 4.44. The van der Waals surface area contributed by atoms with E-state index in [-0.39, 0.29) is 39.6 Å². The number of fused-ring (bicyclic) bond motifs is 7. The molecule has 232 valence electrons. The van der Waals surface area contributed by atoms with Crippen LogP contribution in [-0.4, -0.2) is 34.7 Å². The number of aromatic amines is 1. The molecule has 0 saturated carbocycles. The number of aryl methyl sites for hydroxylation is 1. The molecule has 1 aliphatic rings. The SMILES string of the molecule is COc1ccc(NC(=O)c2cc3ccc4c5ccccc5[nH]c4c3c(N=Nc3cccc4c3C(=O)c3ccccc3C4=O)c2O)c(C)c1. The smallest absolute Gasteiger partial charge is 0.259 e. The number of ether oxygens (including phenoxy) is 1. The molecule has 0 radical (unpaired) electrons. The molecule has 1 aromatic heterocycles. The Kier molecular flexibility index (Phi) is 6.62. The van der Waals surface area contributed by atoms with Crippen molar-refractivity contribution in [2.45, 2.75) is 6.92 Å². The summed E-state index contributed by atoms with van der Waals surface area (Å²) in [5.41, 5.74) is 4.08. The molecular formula is C39H26N4O5. The molecule has 48 heavy (non-hydrogen) atoms. The summed E-state index contributed by atoms with van der Waals surface area (Å²) in [6.07, 6.45) is 0. The number of amides is 1. The molecule has 1 aliphatic carbocycles. The number of nitrogens with zero attached hydrogens (tertiary/aromatic N) is 2. The highest BCUT2D eigenvalue weighted by Crippen LogP contribution is 2.45. The van der Waals surface area contributed by atoms with Crippen molar-refractivity contribution in [2.24, 2.45) is 10.2 Å². The number of ketones is 2. The van der Waals surface area contributed by atoms with Gasteiger partial charge in [0, 0.05) is 44.1 Å². The van der Waals surface area contributed by atoms with Crippen LogP contribution >= 0.6 is 0 Å². The van der Waals surface area contributed by atoms with Crippen molar-refractivity contribution in [3.63, 3.8) is 0 Å². The first-order valence-corrected chi connectivity index (χ1v) is 15.2. The summed E-state index contributed by atoms with van der Waals surface area (Å²) < 4.78 is 5.29. The van der Waals surface area contributed by atoms with Gasteiger partial charge in [0.25, 0.3) is 5.91 Å². The van der Waals surface area contributed by atoms with Gasteiger partial charge in [0.2, 0.25) is 0 Å². The fourth-order valence-electron chi connectivity index (χ4n) is 6.46. The first-order valence-electron chi connectivity index (χ1n) is 15.2. The number of carbonyl (C=O) groups is 3. The van der Waals surface area contributed by atoms with Gasteiger partial charge in [-0.15, -0.1) is 10.2 Å². The van der Waals surface area contributed by atoms with E-state index in [1.54, 1.807) is 73.8 Å². The van der Waals surface area contributed by atoms with Crippen LogP contribution in [0.4, 0.5) is 17.1 Å². The number of aromatic nitrogens is 1. The van der Waals surface area contributed by atoms with Crippen LogP contribution in [0.2, 0.25) is 0 Å². The van der Waals surface area contributed by atoms with Crippen LogP contribution in [0.15, 0.2) is 113 Å². The second-order valence-corrected chi connectivity index (χ2v) is 11.6. The molecule has 7 aromatic rings. The van der Waals surface area contributed by atoms with E-state index in [9.17, 15) is 19.5 Å². The van der Waals surface area contributed by atoms with Gasteiger partial charge < -0.3 is 20.1 Å². The maximum absolute atomic E-state index is 13.7. The predicted molar refractivity (Wildman–Crippen MR) is 185 cm³/mol. The summed E-state index contributed by atoms with van der Waals surface area (Å²) in [6, 6.07) is 30.0. The summed E-state index contributed by atoms with van der Waals surface area (Å²) in [5, 5.41) is 26.7. The number of aromatic hydroxyl groups is 1. The van der Waals surface area contributed by atoms with Gasteiger partial charge in [0.15, 0.2) is 17.3 Å². The van der Waals surface area contributed by atoms with E-state index in [2.05, 4.69) is 20.5 Å². The number of rotatable bonds is 5. The second kappa shape index (κ2) is 11.0. The lowest BCUT2D eigenvalue weighted by molar-refractivity contribution is 0.0979. The highest BCUT2D eigenvalue weighted by molar-refractivity contribution is 6.30. The number of nitrogens with one attached hydrogen (secondary N) is 2. The Hall–Kier alpha value is -6.61. The summed E-state index contributed by atoms with van der Waals surface area (Å²) in [7, 11) is 1.57. The molecule has 9 heteroatoms. The van der Waals surface area contributed by atoms with Crippen LogP contribution in [0, 0.1) is 6.92 Å². The van der Waals surface area contributed by atoms with Crippen molar-refractivity contribution in [3.8, 4) is 11.5 Å². The van der Waals surface area contributed by atoms with Crippen molar-refractivity contribution in [2.75, 3.05) is 12.4 Å². The van der Waals surface area contributed by atoms with Gasteiger partial charge in [0.1, 0.15) is 11.4 Å². The first kappa shape index (κ1) is 28.8. The molecule has 6 aromatic carbocycles. The Morgan fingerprint density at radius 3 is 2.33 bits per heavy atom. The third-order valence-corrected chi connectivity index (χ3v) is 8.85. The Morgan fingerprint density at radius 1 is 0.792 bits per heavy atom. The average molecular weight is 631 g/mol. The molecule has 3 N–H and O–H groups in total.